The number of nitrogens with one attached hydrogen (secondary N) is 1. The molecule has 1 heterocycles. The van der Waals surface area contributed by atoms with E-state index in [9.17, 15) is 27.6 Å². The van der Waals surface area contributed by atoms with Gasteiger partial charge in [0.15, 0.2) is 6.61 Å². The Kier molecular flexibility index (Phi) is 7.29. The molecule has 10 heteroatoms. The van der Waals surface area contributed by atoms with E-state index in [1.807, 2.05) is 6.07 Å². The Bertz CT molecular complexity index is 914. The molecule has 1 aromatic rings. The number of aromatic amines is 1. The van der Waals surface area contributed by atoms with Gasteiger partial charge < -0.3 is 14.6 Å². The molecule has 0 aromatic carbocycles. The molecule has 1 amide bonds. The second-order valence-corrected chi connectivity index (χ2v) is 7.55. The lowest BCUT2D eigenvalue weighted by atomic mass is 9.99. The van der Waals surface area contributed by atoms with Gasteiger partial charge in [0.1, 0.15) is 18.2 Å². The molecular formula is C20H24F3N3O4. The van der Waals surface area contributed by atoms with Gasteiger partial charge in [-0.05, 0) is 57.1 Å². The summed E-state index contributed by atoms with van der Waals surface area (Å²) in [5.41, 5.74) is 1.01. The minimum atomic E-state index is -4.54. The molecule has 1 N–H and O–H groups in total. The van der Waals surface area contributed by atoms with Gasteiger partial charge in [0, 0.05) is 18.2 Å². The second-order valence-electron chi connectivity index (χ2n) is 7.55. The number of halogens is 3. The maximum Gasteiger partial charge on any atom is 0.406 e. The zero-order valence-corrected chi connectivity index (χ0v) is 17.1. The van der Waals surface area contributed by atoms with Crippen LogP contribution in [0.2, 0.25) is 0 Å². The van der Waals surface area contributed by atoms with Gasteiger partial charge in [-0.25, -0.2) is 0 Å². The first-order chi connectivity index (χ1) is 13.9. The van der Waals surface area contributed by atoms with E-state index in [4.69, 9.17) is 10.00 Å². The molecule has 1 fully saturated rings. The van der Waals surface area contributed by atoms with Crippen molar-refractivity contribution in [2.24, 2.45) is 5.92 Å². The molecule has 2 rings (SSSR count). The number of esters is 1. The summed E-state index contributed by atoms with van der Waals surface area (Å²) in [6.07, 6.45) is -3.00. The average Bonchev–Trinajstić information content (AvgIpc) is 3.48. The number of nitrogens with zero attached hydrogens (tertiary/aromatic N) is 2. The molecule has 1 atom stereocenters. The Hall–Kier alpha value is -2.83. The maximum atomic E-state index is 12.8. The molecule has 1 aromatic heterocycles. The first-order valence-corrected chi connectivity index (χ1v) is 9.59. The van der Waals surface area contributed by atoms with Gasteiger partial charge >= 0.3 is 12.1 Å². The summed E-state index contributed by atoms with van der Waals surface area (Å²) in [6, 6.07) is 1.24. The lowest BCUT2D eigenvalue weighted by molar-refractivity contribution is -0.170. The Morgan fingerprint density at radius 1 is 1.33 bits per heavy atom. The van der Waals surface area contributed by atoms with Crippen LogP contribution < -0.4 is 5.56 Å². The van der Waals surface area contributed by atoms with Crippen LogP contribution >= 0.6 is 0 Å². The number of amides is 1. The monoisotopic (exact) mass is 427 g/mol. The van der Waals surface area contributed by atoms with E-state index in [-0.39, 0.29) is 24.3 Å². The lowest BCUT2D eigenvalue weighted by Gasteiger charge is -2.30. The number of pyridine rings is 1. The predicted molar refractivity (Wildman–Crippen MR) is 100 cm³/mol. The van der Waals surface area contributed by atoms with Gasteiger partial charge in [-0.15, -0.1) is 0 Å². The molecule has 0 unspecified atom stereocenters. The van der Waals surface area contributed by atoms with Gasteiger partial charge in [-0.2, -0.15) is 18.4 Å². The van der Waals surface area contributed by atoms with Crippen molar-refractivity contribution in [2.75, 3.05) is 13.2 Å². The minimum absolute atomic E-state index is 0.0347. The summed E-state index contributed by atoms with van der Waals surface area (Å²) in [5.74, 6) is -1.60. The molecule has 1 aliphatic rings. The largest absolute Gasteiger partial charge is 0.456 e. The minimum Gasteiger partial charge on any atom is -0.456 e. The first-order valence-electron chi connectivity index (χ1n) is 9.59. The van der Waals surface area contributed by atoms with Crippen molar-refractivity contribution in [3.05, 3.63) is 32.7 Å². The summed E-state index contributed by atoms with van der Waals surface area (Å²) in [7, 11) is 0. The van der Waals surface area contributed by atoms with Crippen LogP contribution in [-0.4, -0.2) is 47.1 Å². The number of aromatic nitrogens is 1. The Morgan fingerprint density at radius 2 is 1.97 bits per heavy atom. The number of hydrogen-bond donors (Lipinski definition) is 1. The lowest BCUT2D eigenvalue weighted by Crippen LogP contribution is -2.47. The van der Waals surface area contributed by atoms with Gasteiger partial charge in [0.25, 0.3) is 11.5 Å². The van der Waals surface area contributed by atoms with Crippen LogP contribution in [0.3, 0.4) is 0 Å². The van der Waals surface area contributed by atoms with E-state index in [0.717, 1.165) is 17.7 Å². The molecule has 164 valence electrons. The molecule has 0 aliphatic heterocycles. The van der Waals surface area contributed by atoms with Crippen molar-refractivity contribution in [3.8, 4) is 6.07 Å². The topological polar surface area (TPSA) is 103 Å². The Morgan fingerprint density at radius 3 is 2.50 bits per heavy atom. The van der Waals surface area contributed by atoms with E-state index in [2.05, 4.69) is 4.98 Å². The van der Waals surface area contributed by atoms with Crippen molar-refractivity contribution < 1.29 is 27.5 Å². The fourth-order valence-electron chi connectivity index (χ4n) is 3.43. The Labute approximate surface area is 171 Å². The van der Waals surface area contributed by atoms with Crippen molar-refractivity contribution in [1.29, 1.82) is 5.26 Å². The summed E-state index contributed by atoms with van der Waals surface area (Å²) in [4.78, 5) is 39.3. The molecule has 1 aliphatic carbocycles. The average molecular weight is 427 g/mol. The van der Waals surface area contributed by atoms with Crippen LogP contribution in [0.5, 0.6) is 0 Å². The molecule has 1 saturated carbocycles. The van der Waals surface area contributed by atoms with Gasteiger partial charge in [0.05, 0.1) is 0 Å². The molecule has 30 heavy (non-hydrogen) atoms. The quantitative estimate of drug-likeness (QED) is 0.642. The van der Waals surface area contributed by atoms with Gasteiger partial charge in [-0.3, -0.25) is 14.4 Å². The maximum absolute atomic E-state index is 12.8. The van der Waals surface area contributed by atoms with Crippen molar-refractivity contribution in [3.63, 3.8) is 0 Å². The highest BCUT2D eigenvalue weighted by Gasteiger charge is 2.40. The van der Waals surface area contributed by atoms with Crippen molar-refractivity contribution in [1.82, 2.24) is 9.88 Å². The third kappa shape index (κ3) is 6.08. The predicted octanol–water partition coefficient (Wildman–Crippen LogP) is 2.53. The van der Waals surface area contributed by atoms with E-state index in [1.165, 1.54) is 0 Å². The van der Waals surface area contributed by atoms with Crippen molar-refractivity contribution in [2.45, 2.75) is 58.7 Å². The van der Waals surface area contributed by atoms with Gasteiger partial charge in [-0.1, -0.05) is 0 Å². The third-order valence-corrected chi connectivity index (χ3v) is 5.32. The molecule has 0 saturated heterocycles. The summed E-state index contributed by atoms with van der Waals surface area (Å²) in [5, 5.41) is 9.07. The summed E-state index contributed by atoms with van der Waals surface area (Å²) < 4.78 is 43.4. The summed E-state index contributed by atoms with van der Waals surface area (Å²) >= 11 is 0. The molecular weight excluding hydrogens is 403 g/mol. The van der Waals surface area contributed by atoms with Crippen LogP contribution in [-0.2, 0) is 20.7 Å². The SMILES string of the molecule is Cc1[nH]c(=O)c(C#N)c(C)c1CCC(=O)OCC(=O)N(CC(F)(F)F)[C@H](C)C1CC1. The van der Waals surface area contributed by atoms with Crippen LogP contribution in [0.25, 0.3) is 0 Å². The third-order valence-electron chi connectivity index (χ3n) is 5.32. The number of alkyl halides is 3. The van der Waals surface area contributed by atoms with E-state index < -0.39 is 42.8 Å². The van der Waals surface area contributed by atoms with Crippen LogP contribution in [0, 0.1) is 31.1 Å². The van der Waals surface area contributed by atoms with Crippen LogP contribution in [0.1, 0.15) is 48.6 Å². The fraction of sp³-hybridized carbons (Fsp3) is 0.600. The van der Waals surface area contributed by atoms with Crippen molar-refractivity contribution >= 4 is 11.9 Å². The van der Waals surface area contributed by atoms with Crippen LogP contribution in [0.15, 0.2) is 4.79 Å². The zero-order chi connectivity index (χ0) is 22.6. The van der Waals surface area contributed by atoms with Gasteiger partial charge in [0.2, 0.25) is 0 Å². The number of rotatable bonds is 8. The zero-order valence-electron chi connectivity index (χ0n) is 17.1. The molecule has 0 spiro atoms. The highest BCUT2D eigenvalue weighted by Crippen LogP contribution is 2.36. The van der Waals surface area contributed by atoms with E-state index in [0.29, 0.717) is 16.8 Å². The standard InChI is InChI=1S/C20H24F3N3O4/c1-11-15(12(2)25-19(29)16(11)8-24)6-7-18(28)30-9-17(27)26(10-20(21,22)23)13(3)14-4-5-14/h13-14H,4-7,9-10H2,1-3H3,(H,25,29)/t13-/m1/s1. The van der Waals surface area contributed by atoms with E-state index in [1.54, 1.807) is 20.8 Å². The number of carbonyl (C=O) groups is 2. The van der Waals surface area contributed by atoms with E-state index >= 15 is 0 Å². The number of carbonyl (C=O) groups excluding carboxylic acids is 2. The normalized spacial score (nSPS) is 14.7. The molecule has 0 bridgehead atoms. The number of aryl methyl sites for hydroxylation is 1. The highest BCUT2D eigenvalue weighted by atomic mass is 19.4. The number of nitriles is 1. The molecule has 7 nitrogen and oxygen atoms in total. The highest BCUT2D eigenvalue weighted by molar-refractivity contribution is 5.81. The number of ether oxygens (including phenoxy) is 1. The second kappa shape index (κ2) is 9.32. The Balaban J connectivity index is 1.96. The smallest absolute Gasteiger partial charge is 0.406 e. The fourth-order valence-corrected chi connectivity index (χ4v) is 3.43. The number of hydrogen-bond acceptors (Lipinski definition) is 5. The first kappa shape index (κ1) is 23.4. The van der Waals surface area contributed by atoms with Crippen LogP contribution in [0.4, 0.5) is 13.2 Å². The molecule has 0 radical (unpaired) electrons. The summed E-state index contributed by atoms with van der Waals surface area (Å²) in [6.45, 7) is 2.65. The number of H-pyrrole nitrogens is 1.